The van der Waals surface area contributed by atoms with Crippen molar-refractivity contribution in [2.24, 2.45) is 52.3 Å². The Hall–Kier alpha value is -0.920. The molecule has 0 aromatic heterocycles. The lowest BCUT2D eigenvalue weighted by atomic mass is 9.44. The first-order chi connectivity index (χ1) is 22.2. The normalized spacial score (nSPS) is 34.6. The molecule has 1 aromatic rings. The molecule has 6 unspecified atom stereocenters. The van der Waals surface area contributed by atoms with Crippen molar-refractivity contribution in [3.8, 4) is 0 Å². The van der Waals surface area contributed by atoms with Gasteiger partial charge >= 0.3 is 0 Å². The molecule has 268 valence electrons. The van der Waals surface area contributed by atoms with E-state index < -0.39 is 60.7 Å². The Kier molecular flexibility index (Phi) is 11.7. The van der Waals surface area contributed by atoms with Gasteiger partial charge in [-0.05, 0) is 110 Å². The summed E-state index contributed by atoms with van der Waals surface area (Å²) in [6.07, 6.45) is 13.9. The van der Waals surface area contributed by atoms with Gasteiger partial charge in [0, 0.05) is 0 Å². The molecule has 4 aliphatic carbocycles. The zero-order valence-corrected chi connectivity index (χ0v) is 29.9. The van der Waals surface area contributed by atoms with E-state index in [0.717, 1.165) is 55.3 Å². The molecule has 0 bridgehead atoms. The average molecular weight is 708 g/mol. The van der Waals surface area contributed by atoms with E-state index in [2.05, 4.69) is 44.0 Å². The van der Waals surface area contributed by atoms with E-state index in [1.165, 1.54) is 51.4 Å². The molecule has 6 nitrogen and oxygen atoms in total. The number of hydrogen-bond acceptors (Lipinski definition) is 7. The van der Waals surface area contributed by atoms with Gasteiger partial charge in [0.05, 0.1) is 30.5 Å². The Morgan fingerprint density at radius 3 is 2.19 bits per heavy atom. The molecular formula is C35H51F4O6S2-. The van der Waals surface area contributed by atoms with Crippen LogP contribution in [0.3, 0.4) is 0 Å². The minimum atomic E-state index is -4.79. The molecule has 0 spiro atoms. The van der Waals surface area contributed by atoms with Crippen LogP contribution in [0.4, 0.5) is 17.6 Å². The van der Waals surface area contributed by atoms with E-state index in [4.69, 9.17) is 4.74 Å². The van der Waals surface area contributed by atoms with E-state index in [1.54, 1.807) is 0 Å². The fourth-order valence-electron chi connectivity index (χ4n) is 10.8. The average Bonchev–Trinajstić information content (AvgIpc) is 3.37. The summed E-state index contributed by atoms with van der Waals surface area (Å²) in [5.41, 5.74) is 0.634. The van der Waals surface area contributed by atoms with Crippen molar-refractivity contribution in [3.63, 3.8) is 0 Å². The SMILES string of the molecule is CC(C)CCCC(C)C1CCC2C3CCC4C[C@@H](OCCS(=O)(=O)c5c(F)c(F)c(SOO[O-])c(F)c5F)CC[C@]4(C)C3CC[C@]12C. The third-order valence-corrected chi connectivity index (χ3v) is 15.5. The number of fused-ring (bicyclic) bond motifs is 5. The molecule has 0 N–H and O–H groups in total. The van der Waals surface area contributed by atoms with E-state index in [0.29, 0.717) is 17.3 Å². The number of sulfone groups is 1. The predicted molar refractivity (Wildman–Crippen MR) is 169 cm³/mol. The number of benzene rings is 1. The van der Waals surface area contributed by atoms with Gasteiger partial charge in [0.1, 0.15) is 9.79 Å². The number of ether oxygens (including phenoxy) is 1. The minimum Gasteiger partial charge on any atom is -0.691 e. The second-order valence-electron chi connectivity index (χ2n) is 15.9. The minimum absolute atomic E-state index is 0.192. The van der Waals surface area contributed by atoms with Crippen molar-refractivity contribution in [1.29, 1.82) is 0 Å². The Morgan fingerprint density at radius 1 is 0.872 bits per heavy atom. The van der Waals surface area contributed by atoms with Gasteiger partial charge in [-0.15, -0.1) is 0 Å². The smallest absolute Gasteiger partial charge is 0.186 e. The zero-order valence-electron chi connectivity index (χ0n) is 28.3. The Balaban J connectivity index is 1.18. The van der Waals surface area contributed by atoms with Gasteiger partial charge in [0.15, 0.2) is 33.1 Å². The molecule has 12 heteroatoms. The zero-order chi connectivity index (χ0) is 34.3. The van der Waals surface area contributed by atoms with E-state index in [-0.39, 0.29) is 18.1 Å². The molecule has 4 aliphatic rings. The van der Waals surface area contributed by atoms with Crippen molar-refractivity contribution < 1.29 is 45.3 Å². The summed E-state index contributed by atoms with van der Waals surface area (Å²) in [5.74, 6) is -4.01. The van der Waals surface area contributed by atoms with Gasteiger partial charge in [-0.25, -0.2) is 26.0 Å². The van der Waals surface area contributed by atoms with E-state index in [1.807, 2.05) is 0 Å². The molecule has 4 saturated carbocycles. The maximum atomic E-state index is 14.6. The summed E-state index contributed by atoms with van der Waals surface area (Å²) in [4.78, 5) is -3.07. The van der Waals surface area contributed by atoms with E-state index in [9.17, 15) is 31.2 Å². The van der Waals surface area contributed by atoms with Crippen molar-refractivity contribution in [1.82, 2.24) is 0 Å². The third-order valence-electron chi connectivity index (χ3n) is 13.2. The summed E-state index contributed by atoms with van der Waals surface area (Å²) in [6, 6.07) is 0. The van der Waals surface area contributed by atoms with Gasteiger partial charge in [-0.3, -0.25) is 5.04 Å². The molecule has 0 amide bonds. The van der Waals surface area contributed by atoms with Gasteiger partial charge in [0.2, 0.25) is 0 Å². The number of rotatable bonds is 13. The molecule has 9 atom stereocenters. The highest BCUT2D eigenvalue weighted by atomic mass is 32.2. The van der Waals surface area contributed by atoms with Crippen molar-refractivity contribution in [2.45, 2.75) is 128 Å². The largest absolute Gasteiger partial charge is 0.691 e. The van der Waals surface area contributed by atoms with Crippen LogP contribution in [0.25, 0.3) is 0 Å². The Morgan fingerprint density at radius 2 is 1.53 bits per heavy atom. The molecule has 0 radical (unpaired) electrons. The Bertz CT molecular complexity index is 1350. The maximum absolute atomic E-state index is 14.6. The molecule has 0 saturated heterocycles. The van der Waals surface area contributed by atoms with Crippen LogP contribution < -0.4 is 5.26 Å². The van der Waals surface area contributed by atoms with Crippen LogP contribution >= 0.6 is 12.0 Å². The number of halogens is 4. The quantitative estimate of drug-likeness (QED) is 0.0667. The van der Waals surface area contributed by atoms with Crippen LogP contribution in [0.15, 0.2) is 9.79 Å². The van der Waals surface area contributed by atoms with Gasteiger partial charge in [0.25, 0.3) is 0 Å². The summed E-state index contributed by atoms with van der Waals surface area (Å²) in [7, 11) is -4.79. The number of hydrogen-bond donors (Lipinski definition) is 0. The molecule has 1 aromatic carbocycles. The van der Waals surface area contributed by atoms with Crippen molar-refractivity contribution >= 4 is 21.9 Å². The van der Waals surface area contributed by atoms with Crippen molar-refractivity contribution in [2.75, 3.05) is 12.4 Å². The van der Waals surface area contributed by atoms with Gasteiger partial charge in [-0.2, -0.15) is 4.33 Å². The molecule has 0 aliphatic heterocycles. The third kappa shape index (κ3) is 7.16. The lowest BCUT2D eigenvalue weighted by molar-refractivity contribution is -0.777. The standard InChI is InChI=1S/C35H52F4O6S2/c1-20(2)7-6-8-21(3)25-11-12-26-24-10-9-22-19-23(13-15-34(22,4)27(24)14-16-35(25,26)5)43-17-18-47(41,42)33-30(38)28(36)32(46-45-44-40)29(37)31(33)39/h20-27,40H,6-19H2,1-5H3/p-1/t21?,22?,23-,24?,25?,26?,27?,34-,35+/m0/s1. The van der Waals surface area contributed by atoms with Crippen LogP contribution in [0.5, 0.6) is 0 Å². The van der Waals surface area contributed by atoms with Gasteiger partial charge in [-0.1, -0.05) is 53.9 Å². The summed E-state index contributed by atoms with van der Waals surface area (Å²) in [6.45, 7) is 11.8. The van der Waals surface area contributed by atoms with Crippen LogP contribution in [0.1, 0.15) is 112 Å². The topological polar surface area (TPSA) is 84.9 Å². The molecule has 0 heterocycles. The second-order valence-corrected chi connectivity index (χ2v) is 18.7. The highest BCUT2D eigenvalue weighted by molar-refractivity contribution is 7.94. The first-order valence-electron chi connectivity index (χ1n) is 17.5. The summed E-state index contributed by atoms with van der Waals surface area (Å²) < 4.78 is 93.4. The fourth-order valence-corrected chi connectivity index (χ4v) is 12.5. The Labute approximate surface area is 282 Å². The highest BCUT2D eigenvalue weighted by Gasteiger charge is 2.60. The van der Waals surface area contributed by atoms with Gasteiger partial charge < -0.3 is 9.99 Å². The van der Waals surface area contributed by atoms with E-state index >= 15 is 0 Å². The van der Waals surface area contributed by atoms with Crippen LogP contribution in [0.2, 0.25) is 0 Å². The fraction of sp³-hybridized carbons (Fsp3) is 0.829. The van der Waals surface area contributed by atoms with Crippen LogP contribution in [-0.2, 0) is 23.9 Å². The molecule has 47 heavy (non-hydrogen) atoms. The maximum Gasteiger partial charge on any atom is 0.186 e. The highest BCUT2D eigenvalue weighted by Crippen LogP contribution is 2.68. The summed E-state index contributed by atoms with van der Waals surface area (Å²) in [5, 5.41) is 12.9. The lowest BCUT2D eigenvalue weighted by Gasteiger charge is -2.61. The van der Waals surface area contributed by atoms with Crippen LogP contribution in [0, 0.1) is 75.5 Å². The predicted octanol–water partition coefficient (Wildman–Crippen LogP) is 8.75. The first-order valence-corrected chi connectivity index (χ1v) is 19.9. The first kappa shape index (κ1) is 37.3. The second kappa shape index (κ2) is 14.7. The molecular weight excluding hydrogens is 657 g/mol. The monoisotopic (exact) mass is 707 g/mol. The van der Waals surface area contributed by atoms with Crippen LogP contribution in [-0.4, -0.2) is 26.9 Å². The lowest BCUT2D eigenvalue weighted by Crippen LogP contribution is -2.54. The summed E-state index contributed by atoms with van der Waals surface area (Å²) >= 11 is -0.402. The van der Waals surface area contributed by atoms with Crippen molar-refractivity contribution in [3.05, 3.63) is 23.3 Å². The molecule has 4 fully saturated rings. The molecule has 5 rings (SSSR count).